The fourth-order valence-electron chi connectivity index (χ4n) is 2.41. The van der Waals surface area contributed by atoms with E-state index in [1.807, 2.05) is 12.1 Å². The Kier molecular flexibility index (Phi) is 5.29. The van der Waals surface area contributed by atoms with E-state index in [2.05, 4.69) is 39.1 Å². The van der Waals surface area contributed by atoms with E-state index < -0.39 is 0 Å². The predicted octanol–water partition coefficient (Wildman–Crippen LogP) is 2.67. The van der Waals surface area contributed by atoms with Gasteiger partial charge in [-0.2, -0.15) is 0 Å². The van der Waals surface area contributed by atoms with Gasteiger partial charge in [-0.1, -0.05) is 38.5 Å². The number of rotatable bonds is 3. The monoisotopic (exact) mass is 306 g/mol. The SMILES string of the molecule is Cc1ccc(OCNC(=O)N2CCOCC2)c(C(C)(C)C)c1. The topological polar surface area (TPSA) is 50.8 Å². The van der Waals surface area contributed by atoms with Gasteiger partial charge >= 0.3 is 6.03 Å². The number of nitrogens with one attached hydrogen (secondary N) is 1. The summed E-state index contributed by atoms with van der Waals surface area (Å²) in [5, 5.41) is 2.80. The standard InChI is InChI=1S/C17H26N2O3/c1-13-5-6-15(14(11-13)17(2,3)4)22-12-18-16(20)19-7-9-21-10-8-19/h5-6,11H,7-10,12H2,1-4H3,(H,18,20). The van der Waals surface area contributed by atoms with Gasteiger partial charge in [0.25, 0.3) is 0 Å². The van der Waals surface area contributed by atoms with Crippen molar-refractivity contribution in [2.24, 2.45) is 0 Å². The van der Waals surface area contributed by atoms with Crippen LogP contribution in [0.4, 0.5) is 4.79 Å². The summed E-state index contributed by atoms with van der Waals surface area (Å²) in [4.78, 5) is 13.7. The Morgan fingerprint density at radius 2 is 2.00 bits per heavy atom. The molecule has 1 aliphatic rings. The third-order valence-corrected chi connectivity index (χ3v) is 3.69. The molecule has 1 aliphatic heterocycles. The number of ether oxygens (including phenoxy) is 2. The summed E-state index contributed by atoms with van der Waals surface area (Å²) in [5.41, 5.74) is 2.35. The molecule has 0 bridgehead atoms. The van der Waals surface area contributed by atoms with Crippen LogP contribution in [-0.4, -0.2) is 44.0 Å². The first-order valence-corrected chi connectivity index (χ1v) is 7.72. The van der Waals surface area contributed by atoms with Crippen molar-refractivity contribution in [3.05, 3.63) is 29.3 Å². The Morgan fingerprint density at radius 3 is 2.64 bits per heavy atom. The van der Waals surface area contributed by atoms with E-state index in [-0.39, 0.29) is 18.2 Å². The van der Waals surface area contributed by atoms with Gasteiger partial charge in [0, 0.05) is 13.1 Å². The Labute approximate surface area is 132 Å². The van der Waals surface area contributed by atoms with E-state index in [1.165, 1.54) is 5.56 Å². The van der Waals surface area contributed by atoms with Crippen LogP contribution in [-0.2, 0) is 10.2 Å². The first-order valence-electron chi connectivity index (χ1n) is 7.72. The minimum Gasteiger partial charge on any atom is -0.473 e. The molecule has 0 saturated carbocycles. The average Bonchev–Trinajstić information content (AvgIpc) is 2.48. The van der Waals surface area contributed by atoms with Gasteiger partial charge in [0.2, 0.25) is 0 Å². The Bertz CT molecular complexity index is 517. The van der Waals surface area contributed by atoms with Crippen LogP contribution in [0.15, 0.2) is 18.2 Å². The normalized spacial score (nSPS) is 15.5. The molecule has 1 heterocycles. The second-order valence-electron chi connectivity index (χ2n) is 6.62. The van der Waals surface area contributed by atoms with Gasteiger partial charge in [-0.15, -0.1) is 0 Å². The van der Waals surface area contributed by atoms with E-state index in [9.17, 15) is 4.79 Å². The Hall–Kier alpha value is -1.75. The van der Waals surface area contributed by atoms with Crippen molar-refractivity contribution in [2.45, 2.75) is 33.1 Å². The van der Waals surface area contributed by atoms with Gasteiger partial charge in [0.05, 0.1) is 13.2 Å². The zero-order valence-electron chi connectivity index (χ0n) is 13.9. The number of nitrogens with zero attached hydrogens (tertiary/aromatic N) is 1. The summed E-state index contributed by atoms with van der Waals surface area (Å²) in [6, 6.07) is 6.03. The van der Waals surface area contributed by atoms with Gasteiger partial charge in [-0.05, 0) is 24.0 Å². The van der Waals surface area contributed by atoms with Crippen molar-refractivity contribution in [2.75, 3.05) is 33.0 Å². The van der Waals surface area contributed by atoms with Crippen LogP contribution >= 0.6 is 0 Å². The lowest BCUT2D eigenvalue weighted by molar-refractivity contribution is 0.0518. The van der Waals surface area contributed by atoms with Gasteiger partial charge < -0.3 is 19.7 Å². The number of amides is 2. The van der Waals surface area contributed by atoms with Crippen LogP contribution in [0.5, 0.6) is 5.75 Å². The highest BCUT2D eigenvalue weighted by molar-refractivity contribution is 5.74. The summed E-state index contributed by atoms with van der Waals surface area (Å²) in [6.45, 7) is 11.2. The summed E-state index contributed by atoms with van der Waals surface area (Å²) in [7, 11) is 0. The van der Waals surface area contributed by atoms with Gasteiger partial charge in [0.1, 0.15) is 5.75 Å². The number of aryl methyl sites for hydroxylation is 1. The smallest absolute Gasteiger partial charge is 0.320 e. The zero-order chi connectivity index (χ0) is 16.2. The molecular formula is C17H26N2O3. The molecule has 0 aromatic heterocycles. The fourth-order valence-corrected chi connectivity index (χ4v) is 2.41. The molecule has 122 valence electrons. The van der Waals surface area contributed by atoms with Gasteiger partial charge in [0.15, 0.2) is 6.73 Å². The molecule has 1 fully saturated rings. The van der Waals surface area contributed by atoms with Gasteiger partial charge in [-0.25, -0.2) is 4.79 Å². The number of morpholine rings is 1. The second-order valence-corrected chi connectivity index (χ2v) is 6.62. The highest BCUT2D eigenvalue weighted by Crippen LogP contribution is 2.31. The lowest BCUT2D eigenvalue weighted by Gasteiger charge is -2.27. The van der Waals surface area contributed by atoms with Crippen LogP contribution < -0.4 is 10.1 Å². The molecule has 1 aromatic carbocycles. The number of carbonyl (C=O) groups is 1. The van der Waals surface area contributed by atoms with Crippen molar-refractivity contribution < 1.29 is 14.3 Å². The quantitative estimate of drug-likeness (QED) is 0.874. The van der Waals surface area contributed by atoms with Crippen LogP contribution in [0.2, 0.25) is 0 Å². The largest absolute Gasteiger partial charge is 0.473 e. The zero-order valence-corrected chi connectivity index (χ0v) is 13.9. The van der Waals surface area contributed by atoms with Crippen molar-refractivity contribution in [3.8, 4) is 5.75 Å². The van der Waals surface area contributed by atoms with Crippen LogP contribution in [0.1, 0.15) is 31.9 Å². The second kappa shape index (κ2) is 7.01. The minimum absolute atomic E-state index is 0.00439. The lowest BCUT2D eigenvalue weighted by atomic mass is 9.85. The molecule has 1 saturated heterocycles. The van der Waals surface area contributed by atoms with E-state index in [0.29, 0.717) is 26.3 Å². The van der Waals surface area contributed by atoms with Crippen molar-refractivity contribution in [1.29, 1.82) is 0 Å². The number of carbonyl (C=O) groups excluding carboxylic acids is 1. The molecule has 0 unspecified atom stereocenters. The van der Waals surface area contributed by atoms with E-state index in [1.54, 1.807) is 4.90 Å². The molecule has 5 heteroatoms. The summed E-state index contributed by atoms with van der Waals surface area (Å²) in [6.07, 6.45) is 0. The van der Waals surface area contributed by atoms with Crippen LogP contribution in [0, 0.1) is 6.92 Å². The number of benzene rings is 1. The molecule has 0 radical (unpaired) electrons. The highest BCUT2D eigenvalue weighted by atomic mass is 16.5. The molecule has 0 spiro atoms. The lowest BCUT2D eigenvalue weighted by Crippen LogP contribution is -2.47. The number of hydrogen-bond donors (Lipinski definition) is 1. The number of urea groups is 1. The van der Waals surface area contributed by atoms with Crippen LogP contribution in [0.3, 0.4) is 0 Å². The molecule has 2 rings (SSSR count). The van der Waals surface area contributed by atoms with E-state index >= 15 is 0 Å². The van der Waals surface area contributed by atoms with E-state index in [4.69, 9.17) is 9.47 Å². The maximum atomic E-state index is 12.0. The molecule has 1 N–H and O–H groups in total. The Morgan fingerprint density at radius 1 is 1.32 bits per heavy atom. The first kappa shape index (κ1) is 16.6. The summed E-state index contributed by atoms with van der Waals surface area (Å²) in [5.74, 6) is 0.820. The van der Waals surface area contributed by atoms with Crippen LogP contribution in [0.25, 0.3) is 0 Å². The van der Waals surface area contributed by atoms with Crippen molar-refractivity contribution in [3.63, 3.8) is 0 Å². The van der Waals surface area contributed by atoms with Crippen molar-refractivity contribution >= 4 is 6.03 Å². The molecule has 1 aromatic rings. The molecule has 22 heavy (non-hydrogen) atoms. The van der Waals surface area contributed by atoms with Crippen molar-refractivity contribution in [1.82, 2.24) is 10.2 Å². The molecular weight excluding hydrogens is 280 g/mol. The maximum Gasteiger partial charge on any atom is 0.320 e. The van der Waals surface area contributed by atoms with Gasteiger partial charge in [-0.3, -0.25) is 0 Å². The molecule has 0 atom stereocenters. The molecule has 5 nitrogen and oxygen atoms in total. The maximum absolute atomic E-state index is 12.0. The minimum atomic E-state index is -0.104. The average molecular weight is 306 g/mol. The third-order valence-electron chi connectivity index (χ3n) is 3.69. The predicted molar refractivity (Wildman–Crippen MR) is 86.3 cm³/mol. The first-order chi connectivity index (χ1) is 10.4. The summed E-state index contributed by atoms with van der Waals surface area (Å²) < 4.78 is 11.0. The molecule has 0 aliphatic carbocycles. The Balaban J connectivity index is 1.93. The number of hydrogen-bond acceptors (Lipinski definition) is 3. The molecule has 2 amide bonds. The highest BCUT2D eigenvalue weighted by Gasteiger charge is 2.20. The third kappa shape index (κ3) is 4.37. The summed E-state index contributed by atoms with van der Waals surface area (Å²) >= 11 is 0. The fraction of sp³-hybridized carbons (Fsp3) is 0.588. The van der Waals surface area contributed by atoms with E-state index in [0.717, 1.165) is 11.3 Å².